The number of para-hydroxylation sites is 1. The van der Waals surface area contributed by atoms with Gasteiger partial charge in [-0.1, -0.05) is 18.2 Å². The van der Waals surface area contributed by atoms with E-state index >= 15 is 0 Å². The average Bonchev–Trinajstić information content (AvgIpc) is 2.92. The van der Waals surface area contributed by atoms with Crippen LogP contribution in [0.5, 0.6) is 0 Å². The molecule has 1 aromatic rings. The Balaban J connectivity index is 1.48. The van der Waals surface area contributed by atoms with Crippen LogP contribution in [0.3, 0.4) is 0 Å². The monoisotopic (exact) mass is 274 g/mol. The van der Waals surface area contributed by atoms with Gasteiger partial charge in [0, 0.05) is 25.4 Å². The molecule has 2 N–H and O–H groups in total. The van der Waals surface area contributed by atoms with E-state index in [0.29, 0.717) is 19.2 Å². The lowest BCUT2D eigenvalue weighted by atomic mass is 10.0. The first-order valence-corrected chi connectivity index (χ1v) is 7.57. The molecular weight excluding hydrogens is 252 g/mol. The van der Waals surface area contributed by atoms with Gasteiger partial charge in [0.25, 0.3) is 0 Å². The van der Waals surface area contributed by atoms with Crippen molar-refractivity contribution in [2.45, 2.75) is 37.7 Å². The van der Waals surface area contributed by atoms with Crippen molar-refractivity contribution < 1.29 is 9.53 Å². The molecule has 20 heavy (non-hydrogen) atoms. The van der Waals surface area contributed by atoms with Crippen LogP contribution in [-0.4, -0.2) is 31.7 Å². The van der Waals surface area contributed by atoms with Gasteiger partial charge in [-0.25, -0.2) is 0 Å². The molecule has 0 spiro atoms. The zero-order chi connectivity index (χ0) is 13.8. The molecule has 4 nitrogen and oxygen atoms in total. The summed E-state index contributed by atoms with van der Waals surface area (Å²) < 4.78 is 5.68. The molecule has 2 aliphatic heterocycles. The van der Waals surface area contributed by atoms with E-state index in [2.05, 4.69) is 10.6 Å². The van der Waals surface area contributed by atoms with Gasteiger partial charge in [-0.05, 0) is 37.3 Å². The Morgan fingerprint density at radius 1 is 1.35 bits per heavy atom. The van der Waals surface area contributed by atoms with Crippen molar-refractivity contribution in [3.05, 3.63) is 29.8 Å². The van der Waals surface area contributed by atoms with Crippen LogP contribution in [0.4, 0.5) is 5.69 Å². The van der Waals surface area contributed by atoms with Gasteiger partial charge < -0.3 is 15.4 Å². The van der Waals surface area contributed by atoms with Crippen molar-refractivity contribution >= 4 is 11.6 Å². The Bertz CT molecular complexity index is 469. The first-order chi connectivity index (χ1) is 9.84. The molecule has 3 rings (SSSR count). The highest BCUT2D eigenvalue weighted by atomic mass is 16.5. The number of anilines is 1. The van der Waals surface area contributed by atoms with Crippen molar-refractivity contribution in [2.24, 2.45) is 0 Å². The van der Waals surface area contributed by atoms with E-state index in [0.717, 1.165) is 30.7 Å². The molecule has 2 unspecified atom stereocenters. The average molecular weight is 274 g/mol. The molecule has 2 atom stereocenters. The number of carbonyl (C=O) groups excluding carboxylic acids is 1. The minimum Gasteiger partial charge on any atom is -0.384 e. The van der Waals surface area contributed by atoms with Crippen LogP contribution in [-0.2, 0) is 9.53 Å². The van der Waals surface area contributed by atoms with Gasteiger partial charge in [0.1, 0.15) is 0 Å². The summed E-state index contributed by atoms with van der Waals surface area (Å²) in [5.74, 6) is 0.0664. The number of hydrogen-bond donors (Lipinski definition) is 2. The summed E-state index contributed by atoms with van der Waals surface area (Å²) in [5.41, 5.74) is 2.20. The van der Waals surface area contributed by atoms with Gasteiger partial charge in [-0.2, -0.15) is 0 Å². The Hall–Kier alpha value is -1.55. The number of hydrogen-bond acceptors (Lipinski definition) is 3. The van der Waals surface area contributed by atoms with Gasteiger partial charge in [-0.15, -0.1) is 0 Å². The molecule has 4 heteroatoms. The fourth-order valence-electron chi connectivity index (χ4n) is 3.03. The molecule has 108 valence electrons. The third-order valence-electron chi connectivity index (χ3n) is 4.19. The lowest BCUT2D eigenvalue weighted by Gasteiger charge is -2.22. The summed E-state index contributed by atoms with van der Waals surface area (Å²) in [6.07, 6.45) is 4.81. The molecule has 1 aromatic carbocycles. The fraction of sp³-hybridized carbons (Fsp3) is 0.562. The normalized spacial score (nSPS) is 24.8. The lowest BCUT2D eigenvalue weighted by molar-refractivity contribution is -0.122. The van der Waals surface area contributed by atoms with E-state index in [1.165, 1.54) is 12.8 Å². The Morgan fingerprint density at radius 3 is 3.10 bits per heavy atom. The summed E-state index contributed by atoms with van der Waals surface area (Å²) >= 11 is 0. The van der Waals surface area contributed by atoms with Gasteiger partial charge >= 0.3 is 0 Å². The molecule has 0 bridgehead atoms. The Morgan fingerprint density at radius 2 is 2.25 bits per heavy atom. The van der Waals surface area contributed by atoms with Crippen LogP contribution in [0.15, 0.2) is 24.3 Å². The molecule has 1 fully saturated rings. The van der Waals surface area contributed by atoms with E-state index < -0.39 is 0 Å². The minimum atomic E-state index is -0.0570. The summed E-state index contributed by atoms with van der Waals surface area (Å²) in [4.78, 5) is 12.3. The smallest absolute Gasteiger partial charge is 0.229 e. The topological polar surface area (TPSA) is 50.4 Å². The predicted molar refractivity (Wildman–Crippen MR) is 78.9 cm³/mol. The molecule has 2 heterocycles. The van der Waals surface area contributed by atoms with Crippen molar-refractivity contribution in [1.82, 2.24) is 5.32 Å². The van der Waals surface area contributed by atoms with Crippen molar-refractivity contribution in [2.75, 3.05) is 25.0 Å². The van der Waals surface area contributed by atoms with Crippen molar-refractivity contribution in [1.29, 1.82) is 0 Å². The third kappa shape index (κ3) is 2.96. The van der Waals surface area contributed by atoms with Crippen LogP contribution < -0.4 is 10.6 Å². The number of nitrogens with one attached hydrogen (secondary N) is 2. The maximum absolute atomic E-state index is 12.3. The molecular formula is C16H22N2O2. The lowest BCUT2D eigenvalue weighted by Crippen LogP contribution is -2.33. The highest BCUT2D eigenvalue weighted by Gasteiger charge is 2.27. The summed E-state index contributed by atoms with van der Waals surface area (Å²) in [7, 11) is 0. The summed E-state index contributed by atoms with van der Waals surface area (Å²) in [6.45, 7) is 2.28. The van der Waals surface area contributed by atoms with Gasteiger partial charge in [0.15, 0.2) is 0 Å². The number of carbonyl (C=O) groups is 1. The van der Waals surface area contributed by atoms with E-state index in [1.54, 1.807) is 0 Å². The zero-order valence-corrected chi connectivity index (χ0v) is 11.7. The number of rotatable bonds is 4. The molecule has 2 aliphatic rings. The van der Waals surface area contributed by atoms with E-state index in [4.69, 9.17) is 4.74 Å². The molecule has 0 radical (unpaired) electrons. The molecule has 0 saturated carbocycles. The van der Waals surface area contributed by atoms with Crippen molar-refractivity contribution in [3.8, 4) is 0 Å². The second-order valence-corrected chi connectivity index (χ2v) is 5.59. The van der Waals surface area contributed by atoms with E-state index in [9.17, 15) is 4.79 Å². The van der Waals surface area contributed by atoms with Crippen LogP contribution in [0.25, 0.3) is 0 Å². The van der Waals surface area contributed by atoms with Crippen LogP contribution in [0, 0.1) is 0 Å². The van der Waals surface area contributed by atoms with Gasteiger partial charge in [-0.3, -0.25) is 4.79 Å². The maximum atomic E-state index is 12.3. The van der Waals surface area contributed by atoms with Crippen LogP contribution in [0.1, 0.15) is 37.2 Å². The quantitative estimate of drug-likeness (QED) is 0.885. The highest BCUT2D eigenvalue weighted by molar-refractivity contribution is 5.88. The third-order valence-corrected chi connectivity index (χ3v) is 4.19. The second kappa shape index (κ2) is 6.27. The first kappa shape index (κ1) is 13.4. The van der Waals surface area contributed by atoms with E-state index in [-0.39, 0.29) is 11.8 Å². The first-order valence-electron chi connectivity index (χ1n) is 7.57. The standard InChI is InChI=1S/C16H22N2O2/c19-16(17-9-8-12-5-3-4-10-20-12)14-11-18-15-7-2-1-6-13(14)15/h1-2,6-7,12,14,18H,3-5,8-11H2,(H,17,19). The Kier molecular flexibility index (Phi) is 4.21. The number of fused-ring (bicyclic) bond motifs is 1. The SMILES string of the molecule is O=C(NCCC1CCCCO1)C1CNc2ccccc21. The van der Waals surface area contributed by atoms with Gasteiger partial charge in [0.05, 0.1) is 12.0 Å². The second-order valence-electron chi connectivity index (χ2n) is 5.59. The van der Waals surface area contributed by atoms with Crippen molar-refractivity contribution in [3.63, 3.8) is 0 Å². The largest absolute Gasteiger partial charge is 0.384 e. The van der Waals surface area contributed by atoms with Crippen LogP contribution in [0.2, 0.25) is 0 Å². The zero-order valence-electron chi connectivity index (χ0n) is 11.7. The molecule has 1 amide bonds. The number of benzene rings is 1. The Labute approximate surface area is 119 Å². The number of amides is 1. The maximum Gasteiger partial charge on any atom is 0.229 e. The highest BCUT2D eigenvalue weighted by Crippen LogP contribution is 2.30. The predicted octanol–water partition coefficient (Wildman–Crippen LogP) is 2.27. The minimum absolute atomic E-state index is 0.0570. The van der Waals surface area contributed by atoms with Gasteiger partial charge in [0.2, 0.25) is 5.91 Å². The van der Waals surface area contributed by atoms with Crippen LogP contribution >= 0.6 is 0 Å². The molecule has 0 aliphatic carbocycles. The fourth-order valence-corrected chi connectivity index (χ4v) is 3.03. The number of ether oxygens (including phenoxy) is 1. The molecule has 1 saturated heterocycles. The molecule has 0 aromatic heterocycles. The van der Waals surface area contributed by atoms with E-state index in [1.807, 2.05) is 24.3 Å². The summed E-state index contributed by atoms with van der Waals surface area (Å²) in [5, 5.41) is 6.34. The summed E-state index contributed by atoms with van der Waals surface area (Å²) in [6, 6.07) is 8.04.